The van der Waals surface area contributed by atoms with Crippen LogP contribution in [0.15, 0.2) is 40.9 Å². The van der Waals surface area contributed by atoms with Gasteiger partial charge in [0.25, 0.3) is 5.91 Å². The molecule has 0 atom stereocenters. The number of hydrogen-bond donors (Lipinski definition) is 1. The van der Waals surface area contributed by atoms with E-state index in [1.54, 1.807) is 29.2 Å². The van der Waals surface area contributed by atoms with Gasteiger partial charge in [0.2, 0.25) is 0 Å². The topological polar surface area (TPSA) is 55.6 Å². The molecule has 1 aliphatic rings. The highest BCUT2D eigenvalue weighted by atomic mass is 79.9. The second-order valence-electron chi connectivity index (χ2n) is 4.77. The highest BCUT2D eigenvalue weighted by molar-refractivity contribution is 9.10. The number of amides is 1. The van der Waals surface area contributed by atoms with E-state index in [9.17, 15) is 9.18 Å². The summed E-state index contributed by atoms with van der Waals surface area (Å²) in [5.74, 6) is 0.0561. The first-order valence-electron chi connectivity index (χ1n) is 6.30. The molecule has 21 heavy (non-hydrogen) atoms. The summed E-state index contributed by atoms with van der Waals surface area (Å²) in [4.78, 5) is 13.6. The molecular weight excluding hydrogens is 339 g/mol. The number of nitrogens with two attached hydrogens (primary N) is 1. The summed E-state index contributed by atoms with van der Waals surface area (Å²) in [6.07, 6.45) is 0. The summed E-state index contributed by atoms with van der Waals surface area (Å²) in [6, 6.07) is 9.67. The van der Waals surface area contributed by atoms with Gasteiger partial charge in [-0.2, -0.15) is 0 Å². The third-order valence-corrected chi connectivity index (χ3v) is 3.65. The van der Waals surface area contributed by atoms with E-state index in [0.717, 1.165) is 0 Å². The summed E-state index contributed by atoms with van der Waals surface area (Å²) in [5, 5.41) is 0. The zero-order valence-electron chi connectivity index (χ0n) is 11.0. The van der Waals surface area contributed by atoms with E-state index < -0.39 is 0 Å². The second kappa shape index (κ2) is 5.37. The Morgan fingerprint density at radius 1 is 1.29 bits per heavy atom. The molecule has 0 radical (unpaired) electrons. The number of rotatable bonds is 2. The van der Waals surface area contributed by atoms with Crippen molar-refractivity contribution in [1.29, 1.82) is 0 Å². The highest BCUT2D eigenvalue weighted by Crippen LogP contribution is 2.34. The highest BCUT2D eigenvalue weighted by Gasteiger charge is 2.25. The fourth-order valence-electron chi connectivity index (χ4n) is 2.28. The van der Waals surface area contributed by atoms with Crippen LogP contribution in [0.1, 0.15) is 5.56 Å². The average molecular weight is 351 g/mol. The number of nitrogen functional groups attached to an aromatic ring is 1. The predicted octanol–water partition coefficient (Wildman–Crippen LogP) is 3.10. The SMILES string of the molecule is Nc1ccc2c(c1)N(Cc1cc(F)cc(Br)c1)C(=O)CO2. The van der Waals surface area contributed by atoms with Gasteiger partial charge < -0.3 is 15.4 Å². The van der Waals surface area contributed by atoms with Gasteiger partial charge in [-0.05, 0) is 42.0 Å². The zero-order valence-corrected chi connectivity index (χ0v) is 12.6. The molecule has 0 saturated carbocycles. The number of halogens is 2. The molecule has 0 aromatic heterocycles. The van der Waals surface area contributed by atoms with Crippen LogP contribution in [-0.2, 0) is 11.3 Å². The number of ether oxygens (including phenoxy) is 1. The van der Waals surface area contributed by atoms with Gasteiger partial charge in [-0.25, -0.2) is 4.39 Å². The molecule has 2 N–H and O–H groups in total. The van der Waals surface area contributed by atoms with Crippen LogP contribution in [0.4, 0.5) is 15.8 Å². The van der Waals surface area contributed by atoms with Crippen LogP contribution in [0.5, 0.6) is 5.75 Å². The Kier molecular flexibility index (Phi) is 3.55. The van der Waals surface area contributed by atoms with Gasteiger partial charge in [-0.1, -0.05) is 15.9 Å². The van der Waals surface area contributed by atoms with E-state index in [4.69, 9.17) is 10.5 Å². The lowest BCUT2D eigenvalue weighted by Crippen LogP contribution is -2.38. The van der Waals surface area contributed by atoms with Crippen molar-refractivity contribution in [3.8, 4) is 5.75 Å². The summed E-state index contributed by atoms with van der Waals surface area (Å²) < 4.78 is 19.5. The van der Waals surface area contributed by atoms with Crippen molar-refractivity contribution in [3.05, 3.63) is 52.3 Å². The molecule has 0 unspecified atom stereocenters. The van der Waals surface area contributed by atoms with Crippen LogP contribution in [0.3, 0.4) is 0 Å². The Labute approximate surface area is 129 Å². The molecule has 6 heteroatoms. The fourth-order valence-corrected chi connectivity index (χ4v) is 2.79. The van der Waals surface area contributed by atoms with Crippen molar-refractivity contribution >= 4 is 33.2 Å². The Balaban J connectivity index is 1.98. The molecule has 1 aliphatic heterocycles. The molecule has 1 heterocycles. The number of benzene rings is 2. The number of carbonyl (C=O) groups excluding carboxylic acids is 1. The second-order valence-corrected chi connectivity index (χ2v) is 5.69. The molecule has 0 aliphatic carbocycles. The number of anilines is 2. The van der Waals surface area contributed by atoms with Crippen LogP contribution in [-0.4, -0.2) is 12.5 Å². The maximum atomic E-state index is 13.5. The van der Waals surface area contributed by atoms with E-state index in [2.05, 4.69) is 15.9 Å². The van der Waals surface area contributed by atoms with E-state index >= 15 is 0 Å². The third-order valence-electron chi connectivity index (χ3n) is 3.19. The summed E-state index contributed by atoms with van der Waals surface area (Å²) in [6.45, 7) is 0.225. The first kappa shape index (κ1) is 13.9. The summed E-state index contributed by atoms with van der Waals surface area (Å²) >= 11 is 3.25. The van der Waals surface area contributed by atoms with Crippen LogP contribution >= 0.6 is 15.9 Å². The molecule has 0 bridgehead atoms. The van der Waals surface area contributed by atoms with Gasteiger partial charge >= 0.3 is 0 Å². The first-order chi connectivity index (χ1) is 10.0. The van der Waals surface area contributed by atoms with Crippen molar-refractivity contribution in [2.45, 2.75) is 6.54 Å². The molecule has 2 aromatic carbocycles. The van der Waals surface area contributed by atoms with Gasteiger partial charge in [0, 0.05) is 10.2 Å². The Bertz CT molecular complexity index is 701. The van der Waals surface area contributed by atoms with Crippen molar-refractivity contribution in [1.82, 2.24) is 0 Å². The van der Waals surface area contributed by atoms with Crippen LogP contribution < -0.4 is 15.4 Å². The van der Waals surface area contributed by atoms with Crippen LogP contribution in [0.2, 0.25) is 0 Å². The molecule has 3 rings (SSSR count). The van der Waals surface area contributed by atoms with E-state index in [0.29, 0.717) is 27.2 Å². The minimum atomic E-state index is -0.354. The standard InChI is InChI=1S/C15H12BrFN2O2/c16-10-3-9(4-11(17)5-10)7-19-13-6-12(18)1-2-14(13)21-8-15(19)20/h1-6H,7-8,18H2. The first-order valence-corrected chi connectivity index (χ1v) is 7.10. The number of nitrogens with zero attached hydrogens (tertiary/aromatic N) is 1. The Morgan fingerprint density at radius 2 is 2.10 bits per heavy atom. The number of fused-ring (bicyclic) bond motifs is 1. The van der Waals surface area contributed by atoms with Gasteiger partial charge in [0.05, 0.1) is 12.2 Å². The summed E-state index contributed by atoms with van der Waals surface area (Å²) in [5.41, 5.74) is 7.60. The van der Waals surface area contributed by atoms with E-state index in [1.165, 1.54) is 12.1 Å². The smallest absolute Gasteiger partial charge is 0.265 e. The Hall–Kier alpha value is -2.08. The molecular formula is C15H12BrFN2O2. The zero-order chi connectivity index (χ0) is 15.0. The van der Waals surface area contributed by atoms with Gasteiger partial charge in [-0.15, -0.1) is 0 Å². The van der Waals surface area contributed by atoms with Gasteiger partial charge in [0.1, 0.15) is 11.6 Å². The monoisotopic (exact) mass is 350 g/mol. The quantitative estimate of drug-likeness (QED) is 0.846. The third kappa shape index (κ3) is 2.85. The van der Waals surface area contributed by atoms with Crippen molar-refractivity contribution in [3.63, 3.8) is 0 Å². The molecule has 0 fully saturated rings. The molecule has 0 saturated heterocycles. The normalized spacial score (nSPS) is 13.8. The van der Waals surface area contributed by atoms with Crippen molar-refractivity contribution in [2.75, 3.05) is 17.2 Å². The lowest BCUT2D eigenvalue weighted by atomic mass is 10.1. The Morgan fingerprint density at radius 3 is 2.86 bits per heavy atom. The van der Waals surface area contributed by atoms with E-state index in [-0.39, 0.29) is 24.9 Å². The minimum absolute atomic E-state index is 0.0343. The predicted molar refractivity (Wildman–Crippen MR) is 81.6 cm³/mol. The maximum Gasteiger partial charge on any atom is 0.265 e. The molecule has 108 valence electrons. The lowest BCUT2D eigenvalue weighted by molar-refractivity contribution is -0.121. The average Bonchev–Trinajstić information content (AvgIpc) is 2.41. The molecule has 0 spiro atoms. The minimum Gasteiger partial charge on any atom is -0.482 e. The number of carbonyl (C=O) groups is 1. The fraction of sp³-hybridized carbons (Fsp3) is 0.133. The molecule has 4 nitrogen and oxygen atoms in total. The van der Waals surface area contributed by atoms with Crippen molar-refractivity contribution < 1.29 is 13.9 Å². The van der Waals surface area contributed by atoms with Crippen molar-refractivity contribution in [2.24, 2.45) is 0 Å². The molecule has 2 aromatic rings. The van der Waals surface area contributed by atoms with Gasteiger partial charge in [0.15, 0.2) is 6.61 Å². The largest absolute Gasteiger partial charge is 0.482 e. The van der Waals surface area contributed by atoms with Crippen LogP contribution in [0.25, 0.3) is 0 Å². The molecule has 1 amide bonds. The maximum absolute atomic E-state index is 13.5. The van der Waals surface area contributed by atoms with Gasteiger partial charge in [-0.3, -0.25) is 4.79 Å². The lowest BCUT2D eigenvalue weighted by Gasteiger charge is -2.29. The number of hydrogen-bond acceptors (Lipinski definition) is 3. The summed E-state index contributed by atoms with van der Waals surface area (Å²) in [7, 11) is 0. The van der Waals surface area contributed by atoms with Crippen LogP contribution in [0, 0.1) is 5.82 Å². The van der Waals surface area contributed by atoms with E-state index in [1.807, 2.05) is 0 Å².